The minimum Gasteiger partial charge on any atom is -0.454 e. The summed E-state index contributed by atoms with van der Waals surface area (Å²) in [5.41, 5.74) is 1.12. The molecule has 13 heteroatoms. The van der Waals surface area contributed by atoms with Gasteiger partial charge in [0.25, 0.3) is 11.8 Å². The normalized spacial score (nSPS) is 18.9. The van der Waals surface area contributed by atoms with E-state index >= 15 is 0 Å². The number of imide groups is 1. The number of hydrogen-bond acceptors (Lipinski definition) is 7. The zero-order chi connectivity index (χ0) is 25.1. The molecule has 2 atom stereocenters. The topological polar surface area (TPSA) is 151 Å². The fourth-order valence-corrected chi connectivity index (χ4v) is 4.40. The molecule has 0 unspecified atom stereocenters. The van der Waals surface area contributed by atoms with E-state index < -0.39 is 62.7 Å². The maximum atomic E-state index is 13.8. The van der Waals surface area contributed by atoms with Crippen LogP contribution in [0.3, 0.4) is 0 Å². The molecule has 1 aliphatic rings. The molecule has 2 aromatic carbocycles. The van der Waals surface area contributed by atoms with E-state index in [4.69, 9.17) is 4.74 Å². The van der Waals surface area contributed by atoms with Crippen molar-refractivity contribution in [2.75, 3.05) is 6.61 Å². The number of nitrogens with one attached hydrogen (secondary N) is 3. The molecule has 0 aliphatic carbocycles. The third-order valence-electron chi connectivity index (χ3n) is 4.94. The first kappa shape index (κ1) is 24.8. The summed E-state index contributed by atoms with van der Waals surface area (Å²) in [6.45, 7) is 1.70. The number of sulfonamides is 1. The molecular formula is C21H21FN4O7S. The zero-order valence-electron chi connectivity index (χ0n) is 18.1. The van der Waals surface area contributed by atoms with Gasteiger partial charge in [0.05, 0.1) is 0 Å². The molecule has 1 heterocycles. The second kappa shape index (κ2) is 9.57. The molecule has 0 bridgehead atoms. The van der Waals surface area contributed by atoms with Crippen LogP contribution in [0.2, 0.25) is 0 Å². The molecular weight excluding hydrogens is 471 g/mol. The number of rotatable bonds is 8. The van der Waals surface area contributed by atoms with Gasteiger partial charge in [-0.1, -0.05) is 42.5 Å². The highest BCUT2D eigenvalue weighted by atomic mass is 32.2. The van der Waals surface area contributed by atoms with E-state index in [1.165, 1.54) is 19.1 Å². The Labute approximate surface area is 194 Å². The highest BCUT2D eigenvalue weighted by Gasteiger charge is 2.50. The average Bonchev–Trinajstić information content (AvgIpc) is 3.01. The van der Waals surface area contributed by atoms with E-state index in [2.05, 4.69) is 5.32 Å². The van der Waals surface area contributed by atoms with Gasteiger partial charge >= 0.3 is 12.0 Å². The van der Waals surface area contributed by atoms with Crippen LogP contribution in [0.5, 0.6) is 0 Å². The van der Waals surface area contributed by atoms with Crippen molar-refractivity contribution >= 4 is 33.8 Å². The summed E-state index contributed by atoms with van der Waals surface area (Å²) in [6, 6.07) is 10.6. The van der Waals surface area contributed by atoms with Crippen molar-refractivity contribution in [3.05, 3.63) is 66.0 Å². The van der Waals surface area contributed by atoms with Crippen molar-refractivity contribution in [1.82, 2.24) is 20.5 Å². The lowest BCUT2D eigenvalue weighted by Gasteiger charge is -2.22. The maximum absolute atomic E-state index is 13.8. The van der Waals surface area contributed by atoms with Gasteiger partial charge in [0.15, 0.2) is 6.61 Å². The summed E-state index contributed by atoms with van der Waals surface area (Å²) < 4.78 is 45.0. The number of benzene rings is 2. The molecule has 1 fully saturated rings. The first-order valence-corrected chi connectivity index (χ1v) is 11.4. The van der Waals surface area contributed by atoms with Gasteiger partial charge in [0.2, 0.25) is 10.0 Å². The number of nitrogens with zero attached hydrogens (tertiary/aromatic N) is 1. The smallest absolute Gasteiger partial charge is 0.344 e. The molecule has 180 valence electrons. The van der Waals surface area contributed by atoms with E-state index in [9.17, 15) is 32.0 Å². The molecule has 2 aromatic rings. The van der Waals surface area contributed by atoms with Crippen LogP contribution in [-0.4, -0.2) is 49.9 Å². The fourth-order valence-electron chi connectivity index (χ4n) is 3.13. The van der Waals surface area contributed by atoms with Crippen LogP contribution in [0.15, 0.2) is 59.5 Å². The minimum atomic E-state index is -4.38. The summed E-state index contributed by atoms with van der Waals surface area (Å²) >= 11 is 0. The summed E-state index contributed by atoms with van der Waals surface area (Å²) in [5.74, 6) is -3.92. The van der Waals surface area contributed by atoms with Gasteiger partial charge in [0, 0.05) is 0 Å². The van der Waals surface area contributed by atoms with Crippen LogP contribution < -0.4 is 15.5 Å². The molecule has 0 aromatic heterocycles. The molecule has 0 saturated carbocycles. The Kier molecular flexibility index (Phi) is 6.98. The average molecular weight is 492 g/mol. The van der Waals surface area contributed by atoms with Crippen molar-refractivity contribution in [1.29, 1.82) is 0 Å². The highest BCUT2D eigenvalue weighted by molar-refractivity contribution is 7.89. The van der Waals surface area contributed by atoms with Crippen molar-refractivity contribution in [2.45, 2.75) is 30.3 Å². The first-order chi connectivity index (χ1) is 16.0. The monoisotopic (exact) mass is 492 g/mol. The summed E-state index contributed by atoms with van der Waals surface area (Å²) in [6.07, 6.45) is 0. The minimum absolute atomic E-state index is 0.466. The van der Waals surface area contributed by atoms with Gasteiger partial charge in [-0.05, 0) is 31.5 Å². The van der Waals surface area contributed by atoms with Crippen LogP contribution in [0.1, 0.15) is 19.4 Å². The molecule has 1 saturated heterocycles. The Hall–Kier alpha value is -3.84. The van der Waals surface area contributed by atoms with Crippen molar-refractivity contribution in [3.8, 4) is 0 Å². The summed E-state index contributed by atoms with van der Waals surface area (Å²) in [5, 5.41) is 2.95. The molecule has 1 aliphatic heterocycles. The number of halogens is 1. The van der Waals surface area contributed by atoms with Crippen LogP contribution in [0.25, 0.3) is 0 Å². The van der Waals surface area contributed by atoms with Crippen molar-refractivity contribution in [2.24, 2.45) is 0 Å². The van der Waals surface area contributed by atoms with Crippen LogP contribution >= 0.6 is 0 Å². The fraction of sp³-hybridized carbons (Fsp3) is 0.238. The standard InChI is InChI=1S/C21H21FN4O7S/c1-13(25-34(31,32)16-11-7-6-10-15(16)22)18(28)33-12-17(27)24-26-19(29)21(2,23-20(26)30)14-8-4-3-5-9-14/h3-11,13,25H,12H2,1-2H3,(H,23,30)(H,24,27)/t13-,21+/m0/s1. The van der Waals surface area contributed by atoms with Crippen LogP contribution in [0.4, 0.5) is 9.18 Å². The summed E-state index contributed by atoms with van der Waals surface area (Å²) in [7, 11) is -4.38. The van der Waals surface area contributed by atoms with Crippen molar-refractivity contribution in [3.63, 3.8) is 0 Å². The molecule has 0 radical (unpaired) electrons. The Bertz CT molecular complexity index is 1240. The quantitative estimate of drug-likeness (QED) is 0.359. The molecule has 3 rings (SSSR count). The van der Waals surface area contributed by atoms with Crippen molar-refractivity contribution < 1.29 is 36.7 Å². The second-order valence-electron chi connectivity index (χ2n) is 7.48. The van der Waals surface area contributed by atoms with E-state index in [1.54, 1.807) is 30.3 Å². The maximum Gasteiger partial charge on any atom is 0.344 e. The van der Waals surface area contributed by atoms with Crippen LogP contribution in [0, 0.1) is 5.82 Å². The number of carbonyl (C=O) groups excluding carboxylic acids is 4. The highest BCUT2D eigenvalue weighted by Crippen LogP contribution is 2.27. The van der Waals surface area contributed by atoms with Gasteiger partial charge in [-0.15, -0.1) is 0 Å². The van der Waals surface area contributed by atoms with E-state index in [0.29, 0.717) is 10.6 Å². The number of amides is 4. The molecule has 4 amide bonds. The lowest BCUT2D eigenvalue weighted by atomic mass is 9.92. The largest absolute Gasteiger partial charge is 0.454 e. The third-order valence-corrected chi connectivity index (χ3v) is 6.51. The molecule has 3 N–H and O–H groups in total. The number of urea groups is 1. The SMILES string of the molecule is C[C@H](NS(=O)(=O)c1ccccc1F)C(=O)OCC(=O)NN1C(=O)N[C@](C)(c2ccccc2)C1=O. The molecule has 34 heavy (non-hydrogen) atoms. The number of hydrogen-bond donors (Lipinski definition) is 3. The van der Waals surface area contributed by atoms with Gasteiger partial charge in [0.1, 0.15) is 22.3 Å². The second-order valence-corrected chi connectivity index (χ2v) is 9.16. The predicted molar refractivity (Wildman–Crippen MR) is 114 cm³/mol. The Morgan fingerprint density at radius 1 is 1.12 bits per heavy atom. The van der Waals surface area contributed by atoms with E-state index in [-0.39, 0.29) is 0 Å². The first-order valence-electron chi connectivity index (χ1n) is 9.91. The Morgan fingerprint density at radius 3 is 2.38 bits per heavy atom. The lowest BCUT2D eigenvalue weighted by Crippen LogP contribution is -2.49. The number of hydrazine groups is 1. The Morgan fingerprint density at radius 2 is 1.74 bits per heavy atom. The number of carbonyl (C=O) groups is 4. The van der Waals surface area contributed by atoms with Gasteiger partial charge in [-0.2, -0.15) is 9.73 Å². The Balaban J connectivity index is 1.56. The third kappa shape index (κ3) is 5.05. The summed E-state index contributed by atoms with van der Waals surface area (Å²) in [4.78, 5) is 48.6. The van der Waals surface area contributed by atoms with E-state index in [1.807, 2.05) is 10.1 Å². The lowest BCUT2D eigenvalue weighted by molar-refractivity contribution is -0.151. The molecule has 0 spiro atoms. The van der Waals surface area contributed by atoms with Crippen LogP contribution in [-0.2, 0) is 34.7 Å². The molecule has 11 nitrogen and oxygen atoms in total. The number of esters is 1. The van der Waals surface area contributed by atoms with Gasteiger partial charge in [-0.3, -0.25) is 19.8 Å². The number of ether oxygens (including phenoxy) is 1. The van der Waals surface area contributed by atoms with Gasteiger partial charge < -0.3 is 10.1 Å². The van der Waals surface area contributed by atoms with Gasteiger partial charge in [-0.25, -0.2) is 17.6 Å². The van der Waals surface area contributed by atoms with E-state index in [0.717, 1.165) is 19.1 Å². The zero-order valence-corrected chi connectivity index (χ0v) is 18.9. The predicted octanol–water partition coefficient (Wildman–Crippen LogP) is 0.534.